The van der Waals surface area contributed by atoms with Crippen LogP contribution in [0.1, 0.15) is 48.4 Å². The molecule has 4 nitrogen and oxygen atoms in total. The lowest BCUT2D eigenvalue weighted by Crippen LogP contribution is -2.29. The van der Waals surface area contributed by atoms with Crippen molar-refractivity contribution >= 4 is 5.91 Å². The predicted molar refractivity (Wildman–Crippen MR) is 92.0 cm³/mol. The minimum Gasteiger partial charge on any atom is -0.339 e. The maximum absolute atomic E-state index is 13.0. The van der Waals surface area contributed by atoms with Gasteiger partial charge in [-0.15, -0.1) is 0 Å². The predicted octanol–water partition coefficient (Wildman–Crippen LogP) is 3.62. The molecular weight excluding hydrogens is 286 g/mol. The van der Waals surface area contributed by atoms with Crippen molar-refractivity contribution in [2.75, 3.05) is 13.1 Å². The molecule has 0 N–H and O–H groups in total. The minimum atomic E-state index is 0.151. The van der Waals surface area contributed by atoms with Crippen molar-refractivity contribution in [3.8, 4) is 5.69 Å². The zero-order valence-corrected chi connectivity index (χ0v) is 14.2. The maximum Gasteiger partial charge on any atom is 0.257 e. The first-order chi connectivity index (χ1) is 11.1. The van der Waals surface area contributed by atoms with E-state index in [-0.39, 0.29) is 5.91 Å². The van der Waals surface area contributed by atoms with E-state index in [1.165, 1.54) is 0 Å². The molecule has 4 heteroatoms. The zero-order chi connectivity index (χ0) is 16.4. The molecule has 0 radical (unpaired) electrons. The molecule has 0 spiro atoms. The molecule has 1 aromatic heterocycles. The van der Waals surface area contributed by atoms with E-state index < -0.39 is 0 Å². The number of amides is 1. The van der Waals surface area contributed by atoms with Crippen molar-refractivity contribution in [2.24, 2.45) is 5.92 Å². The standard InChI is InChI=1S/C19H25N3O/c1-14(2)13-17-18(19(23)21-11-7-8-12-21)15(3)22(20-17)16-9-5-4-6-10-16/h4-6,9-10,14H,7-8,11-13H2,1-3H3. The average molecular weight is 311 g/mol. The average Bonchev–Trinajstić information content (AvgIpc) is 3.16. The summed E-state index contributed by atoms with van der Waals surface area (Å²) in [5, 5.41) is 4.78. The van der Waals surface area contributed by atoms with E-state index in [0.29, 0.717) is 5.92 Å². The van der Waals surface area contributed by atoms with Gasteiger partial charge in [-0.2, -0.15) is 5.10 Å². The van der Waals surface area contributed by atoms with E-state index in [4.69, 9.17) is 5.10 Å². The molecule has 1 aliphatic rings. The summed E-state index contributed by atoms with van der Waals surface area (Å²) in [7, 11) is 0. The molecule has 23 heavy (non-hydrogen) atoms. The summed E-state index contributed by atoms with van der Waals surface area (Å²) in [6.07, 6.45) is 3.05. The van der Waals surface area contributed by atoms with Gasteiger partial charge in [-0.05, 0) is 44.2 Å². The number of nitrogens with zero attached hydrogens (tertiary/aromatic N) is 3. The van der Waals surface area contributed by atoms with E-state index in [9.17, 15) is 4.79 Å². The topological polar surface area (TPSA) is 38.1 Å². The minimum absolute atomic E-state index is 0.151. The fraction of sp³-hybridized carbons (Fsp3) is 0.474. The van der Waals surface area contributed by atoms with Gasteiger partial charge in [0, 0.05) is 13.1 Å². The van der Waals surface area contributed by atoms with Crippen LogP contribution in [0.15, 0.2) is 30.3 Å². The molecule has 122 valence electrons. The van der Waals surface area contributed by atoms with Crippen LogP contribution in [0.25, 0.3) is 5.69 Å². The van der Waals surface area contributed by atoms with Gasteiger partial charge >= 0.3 is 0 Å². The van der Waals surface area contributed by atoms with Gasteiger partial charge in [0.15, 0.2) is 0 Å². The van der Waals surface area contributed by atoms with Crippen molar-refractivity contribution in [1.82, 2.24) is 14.7 Å². The van der Waals surface area contributed by atoms with Crippen LogP contribution in [0.3, 0.4) is 0 Å². The highest BCUT2D eigenvalue weighted by Gasteiger charge is 2.27. The van der Waals surface area contributed by atoms with Crippen molar-refractivity contribution in [2.45, 2.75) is 40.0 Å². The lowest BCUT2D eigenvalue weighted by Gasteiger charge is -2.16. The van der Waals surface area contributed by atoms with Crippen LogP contribution in [0.2, 0.25) is 0 Å². The Bertz CT molecular complexity index is 682. The molecule has 1 aliphatic heterocycles. The summed E-state index contributed by atoms with van der Waals surface area (Å²) in [6, 6.07) is 10.1. The Morgan fingerprint density at radius 3 is 2.43 bits per heavy atom. The number of rotatable bonds is 4. The maximum atomic E-state index is 13.0. The molecule has 1 fully saturated rings. The third-order valence-electron chi connectivity index (χ3n) is 4.40. The fourth-order valence-corrected chi connectivity index (χ4v) is 3.27. The van der Waals surface area contributed by atoms with Crippen molar-refractivity contribution in [1.29, 1.82) is 0 Å². The van der Waals surface area contributed by atoms with Crippen LogP contribution in [0, 0.1) is 12.8 Å². The van der Waals surface area contributed by atoms with Crippen molar-refractivity contribution < 1.29 is 4.79 Å². The zero-order valence-electron chi connectivity index (χ0n) is 14.2. The molecule has 2 aromatic rings. The normalized spacial score (nSPS) is 14.7. The molecular formula is C19H25N3O. The molecule has 1 saturated heterocycles. The highest BCUT2D eigenvalue weighted by molar-refractivity contribution is 5.96. The summed E-state index contributed by atoms with van der Waals surface area (Å²) in [6.45, 7) is 8.08. The van der Waals surface area contributed by atoms with Gasteiger partial charge in [0.25, 0.3) is 5.91 Å². The second-order valence-corrected chi connectivity index (χ2v) is 6.75. The number of carbonyl (C=O) groups is 1. The molecule has 0 aliphatic carbocycles. The van der Waals surface area contributed by atoms with Gasteiger partial charge in [-0.1, -0.05) is 32.0 Å². The van der Waals surface area contributed by atoms with Gasteiger partial charge < -0.3 is 4.90 Å². The number of carbonyl (C=O) groups excluding carboxylic acids is 1. The van der Waals surface area contributed by atoms with E-state index >= 15 is 0 Å². The summed E-state index contributed by atoms with van der Waals surface area (Å²) in [4.78, 5) is 15.0. The van der Waals surface area contributed by atoms with Gasteiger partial charge in [-0.25, -0.2) is 4.68 Å². The number of hydrogen-bond donors (Lipinski definition) is 0. The molecule has 3 rings (SSSR count). The van der Waals surface area contributed by atoms with Crippen LogP contribution >= 0.6 is 0 Å². The Kier molecular flexibility index (Phi) is 4.51. The third-order valence-corrected chi connectivity index (χ3v) is 4.40. The number of hydrogen-bond acceptors (Lipinski definition) is 2. The van der Waals surface area contributed by atoms with Gasteiger partial charge in [0.1, 0.15) is 0 Å². The SMILES string of the molecule is Cc1c(C(=O)N2CCCC2)c(CC(C)C)nn1-c1ccccc1. The van der Waals surface area contributed by atoms with Crippen LogP contribution in [0.5, 0.6) is 0 Å². The second kappa shape index (κ2) is 6.57. The molecule has 1 aromatic carbocycles. The van der Waals surface area contributed by atoms with Crippen molar-refractivity contribution in [3.05, 3.63) is 47.3 Å². The van der Waals surface area contributed by atoms with Gasteiger partial charge in [-0.3, -0.25) is 4.79 Å². The molecule has 0 bridgehead atoms. The second-order valence-electron chi connectivity index (χ2n) is 6.75. The van der Waals surface area contributed by atoms with Crippen LogP contribution in [-0.2, 0) is 6.42 Å². The van der Waals surface area contributed by atoms with Gasteiger partial charge in [0.05, 0.1) is 22.6 Å². The molecule has 0 saturated carbocycles. The summed E-state index contributed by atoms with van der Waals surface area (Å²) >= 11 is 0. The summed E-state index contributed by atoms with van der Waals surface area (Å²) in [5.74, 6) is 0.622. The Labute approximate surface area is 138 Å². The van der Waals surface area contributed by atoms with Crippen LogP contribution in [-0.4, -0.2) is 33.7 Å². The lowest BCUT2D eigenvalue weighted by atomic mass is 10.0. The van der Waals surface area contributed by atoms with E-state index in [0.717, 1.165) is 55.0 Å². The Balaban J connectivity index is 2.05. The number of para-hydroxylation sites is 1. The highest BCUT2D eigenvalue weighted by Crippen LogP contribution is 2.24. The third kappa shape index (κ3) is 3.16. The van der Waals surface area contributed by atoms with Crippen molar-refractivity contribution in [3.63, 3.8) is 0 Å². The molecule has 2 heterocycles. The van der Waals surface area contributed by atoms with E-state index in [1.54, 1.807) is 0 Å². The largest absolute Gasteiger partial charge is 0.339 e. The number of aromatic nitrogens is 2. The van der Waals surface area contributed by atoms with Gasteiger partial charge in [0.2, 0.25) is 0 Å². The number of likely N-dealkylation sites (tertiary alicyclic amines) is 1. The molecule has 1 amide bonds. The summed E-state index contributed by atoms with van der Waals surface area (Å²) < 4.78 is 1.92. The Morgan fingerprint density at radius 2 is 1.83 bits per heavy atom. The first-order valence-corrected chi connectivity index (χ1v) is 8.51. The van der Waals surface area contributed by atoms with Crippen LogP contribution < -0.4 is 0 Å². The Hall–Kier alpha value is -2.10. The molecule has 0 atom stereocenters. The molecule has 0 unspecified atom stereocenters. The van der Waals surface area contributed by atoms with Crippen LogP contribution in [0.4, 0.5) is 0 Å². The monoisotopic (exact) mass is 311 g/mol. The lowest BCUT2D eigenvalue weighted by molar-refractivity contribution is 0.0791. The first kappa shape index (κ1) is 15.8. The highest BCUT2D eigenvalue weighted by atomic mass is 16.2. The fourth-order valence-electron chi connectivity index (χ4n) is 3.27. The smallest absolute Gasteiger partial charge is 0.257 e. The number of benzene rings is 1. The quantitative estimate of drug-likeness (QED) is 0.865. The van der Waals surface area contributed by atoms with E-state index in [1.807, 2.05) is 46.8 Å². The Morgan fingerprint density at radius 1 is 1.17 bits per heavy atom. The first-order valence-electron chi connectivity index (χ1n) is 8.51. The van der Waals surface area contributed by atoms with E-state index in [2.05, 4.69) is 13.8 Å². The summed E-state index contributed by atoms with van der Waals surface area (Å²) in [5.41, 5.74) is 3.70.